The molecule has 3 aromatic rings. The number of benzene rings is 1. The molecule has 0 saturated heterocycles. The van der Waals surface area contributed by atoms with Gasteiger partial charge in [0, 0.05) is 11.2 Å². The molecule has 0 saturated carbocycles. The molecule has 0 aliphatic carbocycles. The third-order valence-corrected chi connectivity index (χ3v) is 4.66. The number of hydrogen-bond donors (Lipinski definition) is 3. The van der Waals surface area contributed by atoms with Gasteiger partial charge in [0.15, 0.2) is 0 Å². The predicted molar refractivity (Wildman–Crippen MR) is 90.3 cm³/mol. The summed E-state index contributed by atoms with van der Waals surface area (Å²) in [6.07, 6.45) is 1.49. The van der Waals surface area contributed by atoms with Crippen molar-refractivity contribution in [2.75, 3.05) is 6.54 Å². The first-order valence-corrected chi connectivity index (χ1v) is 8.17. The van der Waals surface area contributed by atoms with E-state index >= 15 is 0 Å². The van der Waals surface area contributed by atoms with E-state index in [0.29, 0.717) is 12.3 Å². The maximum absolute atomic E-state index is 11.9. The lowest BCUT2D eigenvalue weighted by molar-refractivity contribution is 0.0367. The maximum atomic E-state index is 11.9. The number of carbonyl (C=O) groups excluding carboxylic acids is 1. The summed E-state index contributed by atoms with van der Waals surface area (Å²) < 4.78 is 6.38. The molecule has 5 nitrogen and oxygen atoms in total. The monoisotopic (exact) mass is 330 g/mol. The molecule has 0 aliphatic rings. The fraction of sp³-hybridized carbons (Fsp3) is 0.235. The summed E-state index contributed by atoms with van der Waals surface area (Å²) in [5.41, 5.74) is -0.158. The van der Waals surface area contributed by atoms with Crippen molar-refractivity contribution in [3.63, 3.8) is 0 Å². The Bertz CT molecular complexity index is 793. The van der Waals surface area contributed by atoms with Gasteiger partial charge in [-0.25, -0.2) is 4.79 Å². The molecule has 1 aromatic carbocycles. The third kappa shape index (κ3) is 3.55. The van der Waals surface area contributed by atoms with E-state index in [0.717, 1.165) is 10.9 Å². The van der Waals surface area contributed by atoms with E-state index in [9.17, 15) is 9.90 Å². The van der Waals surface area contributed by atoms with Crippen LogP contribution in [0.2, 0.25) is 0 Å². The van der Waals surface area contributed by atoms with Gasteiger partial charge in [0.1, 0.15) is 11.4 Å². The van der Waals surface area contributed by atoms with E-state index in [1.54, 1.807) is 30.4 Å². The molecule has 2 heterocycles. The van der Waals surface area contributed by atoms with Gasteiger partial charge >= 0.3 is 6.03 Å². The lowest BCUT2D eigenvalue weighted by Gasteiger charge is -2.21. The van der Waals surface area contributed by atoms with E-state index in [2.05, 4.69) is 16.7 Å². The SMILES string of the molecule is C[C@](O)(CNC(=O)NCc1csc2ccccc12)c1ccco1. The number of rotatable bonds is 5. The van der Waals surface area contributed by atoms with Crippen LogP contribution in [0.3, 0.4) is 0 Å². The van der Waals surface area contributed by atoms with Crippen molar-refractivity contribution in [1.82, 2.24) is 10.6 Å². The topological polar surface area (TPSA) is 74.5 Å². The number of furan rings is 1. The molecule has 6 heteroatoms. The van der Waals surface area contributed by atoms with Crippen LogP contribution < -0.4 is 10.6 Å². The number of urea groups is 1. The van der Waals surface area contributed by atoms with Crippen LogP contribution in [0.5, 0.6) is 0 Å². The van der Waals surface area contributed by atoms with Gasteiger partial charge in [0.25, 0.3) is 0 Å². The zero-order valence-corrected chi connectivity index (χ0v) is 13.5. The fourth-order valence-corrected chi connectivity index (χ4v) is 3.29. The van der Waals surface area contributed by atoms with Crippen molar-refractivity contribution in [2.45, 2.75) is 19.1 Å². The number of nitrogens with one attached hydrogen (secondary N) is 2. The second-order valence-electron chi connectivity index (χ2n) is 5.54. The normalized spacial score (nSPS) is 13.7. The Morgan fingerprint density at radius 2 is 2.09 bits per heavy atom. The van der Waals surface area contributed by atoms with Crippen molar-refractivity contribution in [2.24, 2.45) is 0 Å². The average Bonchev–Trinajstić information content (AvgIpc) is 3.21. The zero-order chi connectivity index (χ0) is 16.3. The number of aliphatic hydroxyl groups is 1. The Hall–Kier alpha value is -2.31. The second kappa shape index (κ2) is 6.44. The number of amides is 2. The Morgan fingerprint density at radius 1 is 1.26 bits per heavy atom. The number of hydrogen-bond acceptors (Lipinski definition) is 4. The Balaban J connectivity index is 1.54. The minimum Gasteiger partial charge on any atom is -0.466 e. The molecule has 0 aliphatic heterocycles. The van der Waals surface area contributed by atoms with E-state index in [4.69, 9.17) is 4.42 Å². The van der Waals surface area contributed by atoms with Crippen LogP contribution in [-0.4, -0.2) is 17.7 Å². The maximum Gasteiger partial charge on any atom is 0.315 e. The smallest absolute Gasteiger partial charge is 0.315 e. The van der Waals surface area contributed by atoms with E-state index < -0.39 is 5.60 Å². The highest BCUT2D eigenvalue weighted by Crippen LogP contribution is 2.25. The molecule has 1 atom stereocenters. The number of carbonyl (C=O) groups is 1. The van der Waals surface area contributed by atoms with Crippen LogP contribution in [-0.2, 0) is 12.1 Å². The number of fused-ring (bicyclic) bond motifs is 1. The predicted octanol–water partition coefficient (Wildman–Crippen LogP) is 3.20. The highest BCUT2D eigenvalue weighted by atomic mass is 32.1. The van der Waals surface area contributed by atoms with Crippen LogP contribution in [0.1, 0.15) is 18.2 Å². The standard InChI is InChI=1S/C17H18N2O3S/c1-17(21,15-7-4-8-22-15)11-19-16(20)18-9-12-10-23-14-6-3-2-5-13(12)14/h2-8,10,21H,9,11H2,1H3,(H2,18,19,20)/t17-/m0/s1. The van der Waals surface area contributed by atoms with E-state index in [-0.39, 0.29) is 12.6 Å². The Morgan fingerprint density at radius 3 is 2.87 bits per heavy atom. The summed E-state index contributed by atoms with van der Waals surface area (Å²) in [5, 5.41) is 19.0. The molecular weight excluding hydrogens is 312 g/mol. The zero-order valence-electron chi connectivity index (χ0n) is 12.7. The van der Waals surface area contributed by atoms with Gasteiger partial charge < -0.3 is 20.2 Å². The minimum atomic E-state index is -1.24. The third-order valence-electron chi connectivity index (χ3n) is 3.65. The van der Waals surface area contributed by atoms with Gasteiger partial charge in [-0.1, -0.05) is 18.2 Å². The molecule has 0 fully saturated rings. The summed E-state index contributed by atoms with van der Waals surface area (Å²) in [5.74, 6) is 0.418. The first kappa shape index (κ1) is 15.6. The van der Waals surface area contributed by atoms with Gasteiger partial charge in [0.2, 0.25) is 0 Å². The first-order chi connectivity index (χ1) is 11.1. The minimum absolute atomic E-state index is 0.0662. The summed E-state index contributed by atoms with van der Waals surface area (Å²) >= 11 is 1.66. The largest absolute Gasteiger partial charge is 0.466 e. The molecule has 0 radical (unpaired) electrons. The molecule has 0 spiro atoms. The Kier molecular flexibility index (Phi) is 4.36. The van der Waals surface area contributed by atoms with Crippen LogP contribution in [0.15, 0.2) is 52.5 Å². The van der Waals surface area contributed by atoms with Crippen LogP contribution in [0.4, 0.5) is 4.79 Å². The van der Waals surface area contributed by atoms with Gasteiger partial charge in [-0.3, -0.25) is 0 Å². The lowest BCUT2D eigenvalue weighted by atomic mass is 10.0. The van der Waals surface area contributed by atoms with E-state index in [1.165, 1.54) is 11.0 Å². The summed E-state index contributed by atoms with van der Waals surface area (Å²) in [6.45, 7) is 2.11. The summed E-state index contributed by atoms with van der Waals surface area (Å²) in [7, 11) is 0. The molecule has 0 unspecified atom stereocenters. The first-order valence-electron chi connectivity index (χ1n) is 7.29. The molecule has 3 rings (SSSR count). The quantitative estimate of drug-likeness (QED) is 0.672. The van der Waals surface area contributed by atoms with Crippen molar-refractivity contribution >= 4 is 27.5 Å². The average molecular weight is 330 g/mol. The summed E-state index contributed by atoms with van der Waals surface area (Å²) in [4.78, 5) is 11.9. The second-order valence-corrected chi connectivity index (χ2v) is 6.46. The molecule has 23 heavy (non-hydrogen) atoms. The van der Waals surface area contributed by atoms with Gasteiger partial charge in [-0.05, 0) is 41.5 Å². The molecule has 2 amide bonds. The van der Waals surface area contributed by atoms with Crippen molar-refractivity contribution < 1.29 is 14.3 Å². The molecule has 0 bridgehead atoms. The lowest BCUT2D eigenvalue weighted by Crippen LogP contribution is -2.43. The number of thiophene rings is 1. The summed E-state index contributed by atoms with van der Waals surface area (Å²) in [6, 6.07) is 11.1. The van der Waals surface area contributed by atoms with Gasteiger partial charge in [-0.2, -0.15) is 0 Å². The highest BCUT2D eigenvalue weighted by Gasteiger charge is 2.26. The Labute approximate surface area is 137 Å². The molecular formula is C17H18N2O3S. The van der Waals surface area contributed by atoms with Crippen LogP contribution in [0, 0.1) is 0 Å². The molecule has 3 N–H and O–H groups in total. The highest BCUT2D eigenvalue weighted by molar-refractivity contribution is 7.17. The van der Waals surface area contributed by atoms with Crippen molar-refractivity contribution in [3.8, 4) is 0 Å². The molecule has 120 valence electrons. The van der Waals surface area contributed by atoms with Gasteiger partial charge in [-0.15, -0.1) is 11.3 Å². The van der Waals surface area contributed by atoms with Crippen LogP contribution >= 0.6 is 11.3 Å². The van der Waals surface area contributed by atoms with E-state index in [1.807, 2.05) is 23.6 Å². The molecule has 2 aromatic heterocycles. The van der Waals surface area contributed by atoms with Crippen LogP contribution in [0.25, 0.3) is 10.1 Å². The fourth-order valence-electron chi connectivity index (χ4n) is 2.33. The van der Waals surface area contributed by atoms with Gasteiger partial charge in [0.05, 0.1) is 12.8 Å². The van der Waals surface area contributed by atoms with Crippen molar-refractivity contribution in [3.05, 3.63) is 59.4 Å². The van der Waals surface area contributed by atoms with Crippen molar-refractivity contribution in [1.29, 1.82) is 0 Å².